The highest BCUT2D eigenvalue weighted by Crippen LogP contribution is 2.17. The SMILES string of the molecule is C#Cc1cc(B(c2c(C)cc(C)cc2C)c2c(C)cc(C)cc2C)c(C#C)cc1B(c1c(C)cc(C)cc1C)c1c(C)cc(C)cc1C. The van der Waals surface area contributed by atoms with Gasteiger partial charge in [0.2, 0.25) is 13.4 Å². The molecule has 0 aromatic heterocycles. The van der Waals surface area contributed by atoms with E-state index < -0.39 is 0 Å². The summed E-state index contributed by atoms with van der Waals surface area (Å²) >= 11 is 0. The first kappa shape index (κ1) is 34.7. The topological polar surface area (TPSA) is 0 Å². The third-order valence-corrected chi connectivity index (χ3v) is 10.3. The Morgan fingerprint density at radius 1 is 0.333 bits per heavy atom. The van der Waals surface area contributed by atoms with Gasteiger partial charge in [-0.25, -0.2) is 0 Å². The molecule has 238 valence electrons. The van der Waals surface area contributed by atoms with E-state index in [1.807, 2.05) is 0 Å². The third kappa shape index (κ3) is 6.30. The Morgan fingerprint density at radius 2 is 0.521 bits per heavy atom. The molecule has 0 atom stereocenters. The summed E-state index contributed by atoms with van der Waals surface area (Å²) in [6.45, 7) is 26.4. The lowest BCUT2D eigenvalue weighted by Crippen LogP contribution is -2.59. The van der Waals surface area contributed by atoms with Crippen molar-refractivity contribution in [2.75, 3.05) is 0 Å². The van der Waals surface area contributed by atoms with Gasteiger partial charge in [-0.15, -0.1) is 12.8 Å². The highest BCUT2D eigenvalue weighted by atomic mass is 14.2. The van der Waals surface area contributed by atoms with Gasteiger partial charge in [-0.3, -0.25) is 0 Å². The zero-order chi connectivity index (χ0) is 35.2. The second-order valence-corrected chi connectivity index (χ2v) is 14.4. The molecule has 0 saturated carbocycles. The molecule has 5 aromatic rings. The van der Waals surface area contributed by atoms with Crippen LogP contribution < -0.4 is 32.8 Å². The highest BCUT2D eigenvalue weighted by molar-refractivity contribution is 6.98. The number of rotatable bonds is 6. The lowest BCUT2D eigenvalue weighted by molar-refractivity contribution is 1.33. The highest BCUT2D eigenvalue weighted by Gasteiger charge is 2.34. The van der Waals surface area contributed by atoms with Crippen LogP contribution in [0.15, 0.2) is 60.7 Å². The molecular weight excluding hydrogens is 574 g/mol. The van der Waals surface area contributed by atoms with E-state index in [2.05, 4.69) is 156 Å². The van der Waals surface area contributed by atoms with E-state index in [-0.39, 0.29) is 13.4 Å². The fourth-order valence-corrected chi connectivity index (χ4v) is 8.86. The lowest BCUT2D eigenvalue weighted by Gasteiger charge is -2.28. The Balaban J connectivity index is 1.93. The summed E-state index contributed by atoms with van der Waals surface area (Å²) in [7, 11) is 0. The van der Waals surface area contributed by atoms with Crippen molar-refractivity contribution in [2.24, 2.45) is 0 Å². The van der Waals surface area contributed by atoms with Crippen LogP contribution in [0.3, 0.4) is 0 Å². The second-order valence-electron chi connectivity index (χ2n) is 14.4. The van der Waals surface area contributed by atoms with Crippen molar-refractivity contribution in [2.45, 2.75) is 83.1 Å². The number of hydrogen-bond donors (Lipinski definition) is 0. The van der Waals surface area contributed by atoms with E-state index >= 15 is 0 Å². The third-order valence-electron chi connectivity index (χ3n) is 10.3. The number of aryl methyl sites for hydroxylation is 12. The smallest absolute Gasteiger partial charge is 0.115 e. The summed E-state index contributed by atoms with van der Waals surface area (Å²) < 4.78 is 0. The van der Waals surface area contributed by atoms with Crippen LogP contribution in [-0.4, -0.2) is 13.4 Å². The van der Waals surface area contributed by atoms with Crippen LogP contribution in [0.1, 0.15) is 77.9 Å². The molecule has 0 fully saturated rings. The summed E-state index contributed by atoms with van der Waals surface area (Å²) in [6, 6.07) is 22.8. The van der Waals surface area contributed by atoms with Gasteiger partial charge in [0, 0.05) is 11.1 Å². The molecule has 5 aromatic carbocycles. The molecule has 5 rings (SSSR count). The zero-order valence-electron chi connectivity index (χ0n) is 31.1. The normalized spacial score (nSPS) is 10.9. The quantitative estimate of drug-likeness (QED) is 0.152. The van der Waals surface area contributed by atoms with Crippen LogP contribution in [0.4, 0.5) is 0 Å². The molecule has 0 nitrogen and oxygen atoms in total. The van der Waals surface area contributed by atoms with E-state index in [0.717, 1.165) is 22.1 Å². The average molecular weight is 623 g/mol. The predicted molar refractivity (Wildman–Crippen MR) is 214 cm³/mol. The van der Waals surface area contributed by atoms with Crippen molar-refractivity contribution < 1.29 is 0 Å². The minimum absolute atomic E-state index is 0.0671. The molecule has 0 saturated heterocycles. The van der Waals surface area contributed by atoms with E-state index in [4.69, 9.17) is 12.8 Å². The van der Waals surface area contributed by atoms with Gasteiger partial charge in [0.25, 0.3) is 0 Å². The predicted octanol–water partition coefficient (Wildman–Crippen LogP) is 6.38. The Labute approximate surface area is 291 Å². The fourth-order valence-electron chi connectivity index (χ4n) is 8.86. The zero-order valence-corrected chi connectivity index (χ0v) is 31.1. The van der Waals surface area contributed by atoms with Crippen LogP contribution in [0.2, 0.25) is 0 Å². The Kier molecular flexibility index (Phi) is 9.72. The largest absolute Gasteiger partial charge is 0.244 e. The van der Waals surface area contributed by atoms with Crippen LogP contribution in [-0.2, 0) is 0 Å². The maximum absolute atomic E-state index is 6.54. The monoisotopic (exact) mass is 622 g/mol. The molecule has 0 unspecified atom stereocenters. The number of terminal acetylenes is 2. The summed E-state index contributed by atoms with van der Waals surface area (Å²) in [4.78, 5) is 0. The van der Waals surface area contributed by atoms with Gasteiger partial charge in [-0.1, -0.05) is 172 Å². The summed E-state index contributed by atoms with van der Waals surface area (Å²) in [5, 5.41) is 0. The first-order valence-corrected chi connectivity index (χ1v) is 17.1. The molecule has 0 aliphatic rings. The minimum Gasteiger partial charge on any atom is -0.115 e. The van der Waals surface area contributed by atoms with E-state index in [1.165, 1.54) is 88.6 Å². The van der Waals surface area contributed by atoms with E-state index in [0.29, 0.717) is 0 Å². The van der Waals surface area contributed by atoms with Gasteiger partial charge in [0.05, 0.1) is 0 Å². The van der Waals surface area contributed by atoms with Gasteiger partial charge in [0.1, 0.15) is 0 Å². The summed E-state index contributed by atoms with van der Waals surface area (Å²) in [5.74, 6) is 6.35. The van der Waals surface area contributed by atoms with Gasteiger partial charge in [-0.2, -0.15) is 0 Å². The van der Waals surface area contributed by atoms with Crippen LogP contribution in [0.5, 0.6) is 0 Å². The van der Waals surface area contributed by atoms with Crippen molar-refractivity contribution in [3.05, 3.63) is 139 Å². The van der Waals surface area contributed by atoms with E-state index in [9.17, 15) is 0 Å². The molecule has 0 bridgehead atoms. The Bertz CT molecular complexity index is 1820. The molecule has 0 spiro atoms. The molecule has 48 heavy (non-hydrogen) atoms. The van der Waals surface area contributed by atoms with Crippen LogP contribution >= 0.6 is 0 Å². The first-order valence-electron chi connectivity index (χ1n) is 17.1. The Morgan fingerprint density at radius 3 is 0.688 bits per heavy atom. The van der Waals surface area contributed by atoms with Gasteiger partial charge in [-0.05, 0) is 83.1 Å². The molecule has 0 heterocycles. The minimum atomic E-state index is -0.0671. The van der Waals surface area contributed by atoms with Crippen LogP contribution in [0, 0.1) is 108 Å². The maximum Gasteiger partial charge on any atom is 0.244 e. The summed E-state index contributed by atoms with van der Waals surface area (Å²) in [6.07, 6.45) is 13.1. The molecule has 0 aliphatic carbocycles. The summed E-state index contributed by atoms with van der Waals surface area (Å²) in [5.41, 5.74) is 24.3. The molecule has 0 N–H and O–H groups in total. The van der Waals surface area contributed by atoms with E-state index in [1.54, 1.807) is 0 Å². The second kappa shape index (κ2) is 13.5. The average Bonchev–Trinajstić information content (AvgIpc) is 2.97. The van der Waals surface area contributed by atoms with Crippen molar-refractivity contribution in [3.63, 3.8) is 0 Å². The fraction of sp³-hybridized carbons (Fsp3) is 0.261. The molecule has 2 heteroatoms. The van der Waals surface area contributed by atoms with Gasteiger partial charge >= 0.3 is 0 Å². The number of benzene rings is 5. The molecule has 0 radical (unpaired) electrons. The van der Waals surface area contributed by atoms with Crippen molar-refractivity contribution in [3.8, 4) is 24.7 Å². The van der Waals surface area contributed by atoms with Crippen molar-refractivity contribution >= 4 is 46.2 Å². The van der Waals surface area contributed by atoms with Gasteiger partial charge < -0.3 is 0 Å². The maximum atomic E-state index is 6.54. The van der Waals surface area contributed by atoms with Crippen LogP contribution in [0.25, 0.3) is 0 Å². The van der Waals surface area contributed by atoms with Gasteiger partial charge in [0.15, 0.2) is 0 Å². The standard InChI is InChI=1S/C46H48B2/c1-15-39-25-42(48(45-35(11)21-29(5)22-36(45)12)46-37(13)23-30(6)24-38(46)14)40(16-2)26-41(39)47(43-31(7)17-27(3)18-32(43)8)44-33(9)19-28(4)20-34(44)10/h1-2,17-26H,3-14H3. The van der Waals surface area contributed by atoms with Crippen molar-refractivity contribution in [1.82, 2.24) is 0 Å². The molecular formula is C46H48B2. The Hall–Kier alpha value is -4.65. The number of hydrogen-bond acceptors (Lipinski definition) is 0. The lowest BCUT2D eigenvalue weighted by atomic mass is 9.31. The molecule has 0 aliphatic heterocycles. The van der Waals surface area contributed by atoms with Crippen molar-refractivity contribution in [1.29, 1.82) is 0 Å². The first-order chi connectivity index (χ1) is 22.7. The molecule has 0 amide bonds.